The first-order chi connectivity index (χ1) is 7.85. The van der Waals surface area contributed by atoms with Crippen molar-refractivity contribution in [2.45, 2.75) is 46.6 Å². The Bertz CT molecular complexity index is 479. The summed E-state index contributed by atoms with van der Waals surface area (Å²) in [6.07, 6.45) is 3.56. The lowest BCUT2D eigenvalue weighted by Gasteiger charge is -2.30. The molecule has 1 atom stereocenters. The van der Waals surface area contributed by atoms with E-state index in [0.29, 0.717) is 6.42 Å². The molecular weight excluding hydrogens is 210 g/mol. The molecule has 2 heteroatoms. The fourth-order valence-electron chi connectivity index (χ4n) is 2.84. The van der Waals surface area contributed by atoms with Crippen molar-refractivity contribution in [3.63, 3.8) is 0 Å². The fraction of sp³-hybridized carbons (Fsp3) is 0.533. The largest absolute Gasteiger partial charge is 0.342 e. The number of carbonyl (C=O) groups excluding carboxylic acids is 1. The van der Waals surface area contributed by atoms with Gasteiger partial charge in [-0.3, -0.25) is 4.79 Å². The van der Waals surface area contributed by atoms with Crippen LogP contribution in [0.15, 0.2) is 18.7 Å². The van der Waals surface area contributed by atoms with Crippen LogP contribution >= 0.6 is 0 Å². The Morgan fingerprint density at radius 1 is 1.47 bits per heavy atom. The van der Waals surface area contributed by atoms with Crippen molar-refractivity contribution in [1.29, 1.82) is 0 Å². The topological polar surface area (TPSA) is 22.0 Å². The van der Waals surface area contributed by atoms with Crippen molar-refractivity contribution >= 4 is 5.78 Å². The van der Waals surface area contributed by atoms with Gasteiger partial charge in [-0.25, -0.2) is 0 Å². The van der Waals surface area contributed by atoms with E-state index in [4.69, 9.17) is 0 Å². The molecule has 1 unspecified atom stereocenters. The first-order valence-corrected chi connectivity index (χ1v) is 6.22. The van der Waals surface area contributed by atoms with Crippen LogP contribution in [0.3, 0.4) is 0 Å². The van der Waals surface area contributed by atoms with Crippen molar-refractivity contribution in [1.82, 2.24) is 4.57 Å². The Labute approximate surface area is 103 Å². The van der Waals surface area contributed by atoms with Crippen LogP contribution in [0.4, 0.5) is 0 Å². The molecule has 0 radical (unpaired) electrons. The summed E-state index contributed by atoms with van der Waals surface area (Å²) in [5.74, 6) is 0.286. The summed E-state index contributed by atoms with van der Waals surface area (Å²) < 4.78 is 2.25. The number of aryl methyl sites for hydroxylation is 1. The summed E-state index contributed by atoms with van der Waals surface area (Å²) in [6, 6.07) is 2.29. The molecule has 0 amide bonds. The lowest BCUT2D eigenvalue weighted by Crippen LogP contribution is -2.28. The summed E-state index contributed by atoms with van der Waals surface area (Å²) >= 11 is 0. The number of hydrogen-bond acceptors (Lipinski definition) is 1. The summed E-state index contributed by atoms with van der Waals surface area (Å²) in [5.41, 5.74) is 3.35. The number of carbonyl (C=O) groups is 1. The highest BCUT2D eigenvalue weighted by atomic mass is 16.1. The molecule has 92 valence electrons. The molecule has 0 fully saturated rings. The number of nitrogens with zero attached hydrogens (tertiary/aromatic N) is 1. The number of ketones is 1. The first kappa shape index (κ1) is 12.2. The van der Waals surface area contributed by atoms with Crippen LogP contribution < -0.4 is 0 Å². The van der Waals surface area contributed by atoms with Crippen molar-refractivity contribution in [3.05, 3.63) is 35.7 Å². The van der Waals surface area contributed by atoms with E-state index in [-0.39, 0.29) is 17.2 Å². The van der Waals surface area contributed by atoms with Crippen LogP contribution in [0, 0.1) is 12.3 Å². The molecular formula is C15H21NO. The maximum absolute atomic E-state index is 12.1. The first-order valence-electron chi connectivity index (χ1n) is 6.22. The standard InChI is InChI=1S/C15H21NO/c1-6-10(2)16-11(3)7-12-13(16)8-15(4,5)9-14(12)17/h6-7,10H,1,8-9H2,2-5H3. The molecule has 1 aliphatic rings. The van der Waals surface area contributed by atoms with Crippen LogP contribution in [0.1, 0.15) is 55.0 Å². The van der Waals surface area contributed by atoms with Crippen LogP contribution in [-0.2, 0) is 6.42 Å². The molecule has 0 aromatic carbocycles. The van der Waals surface area contributed by atoms with E-state index in [1.807, 2.05) is 12.1 Å². The maximum atomic E-state index is 12.1. The summed E-state index contributed by atoms with van der Waals surface area (Å²) in [4.78, 5) is 12.1. The Morgan fingerprint density at radius 2 is 2.12 bits per heavy atom. The third-order valence-electron chi connectivity index (χ3n) is 3.67. The number of hydrogen-bond donors (Lipinski definition) is 0. The maximum Gasteiger partial charge on any atom is 0.165 e. The second-order valence-electron chi connectivity index (χ2n) is 5.93. The number of Topliss-reactive ketones (excluding diaryl/α,β-unsaturated/α-hetero) is 1. The van der Waals surface area contributed by atoms with Gasteiger partial charge in [0.2, 0.25) is 0 Å². The zero-order valence-corrected chi connectivity index (χ0v) is 11.2. The van der Waals surface area contributed by atoms with Crippen LogP contribution in [0.2, 0.25) is 0 Å². The molecule has 0 saturated heterocycles. The molecule has 1 aromatic rings. The normalized spacial score (nSPS) is 19.9. The van der Waals surface area contributed by atoms with Gasteiger partial charge in [-0.15, -0.1) is 6.58 Å². The molecule has 1 aromatic heterocycles. The van der Waals surface area contributed by atoms with Gasteiger partial charge in [0.05, 0.1) is 0 Å². The van der Waals surface area contributed by atoms with Crippen molar-refractivity contribution < 1.29 is 4.79 Å². The minimum Gasteiger partial charge on any atom is -0.342 e. The second kappa shape index (κ2) is 3.86. The van der Waals surface area contributed by atoms with E-state index < -0.39 is 0 Å². The van der Waals surface area contributed by atoms with Gasteiger partial charge in [0.15, 0.2) is 5.78 Å². The molecule has 0 aliphatic heterocycles. The van der Waals surface area contributed by atoms with E-state index in [1.165, 1.54) is 5.69 Å². The Balaban J connectivity index is 2.58. The highest BCUT2D eigenvalue weighted by Crippen LogP contribution is 2.37. The predicted octanol–water partition coefficient (Wildman–Crippen LogP) is 3.70. The molecule has 0 spiro atoms. The van der Waals surface area contributed by atoms with E-state index in [2.05, 4.69) is 38.8 Å². The minimum atomic E-state index is 0.0769. The van der Waals surface area contributed by atoms with Gasteiger partial charge in [-0.2, -0.15) is 0 Å². The van der Waals surface area contributed by atoms with Gasteiger partial charge < -0.3 is 4.57 Å². The molecule has 1 heterocycles. The monoisotopic (exact) mass is 231 g/mol. The van der Waals surface area contributed by atoms with Crippen molar-refractivity contribution in [2.75, 3.05) is 0 Å². The van der Waals surface area contributed by atoms with E-state index in [0.717, 1.165) is 17.7 Å². The van der Waals surface area contributed by atoms with Crippen LogP contribution in [0.25, 0.3) is 0 Å². The Morgan fingerprint density at radius 3 is 2.71 bits per heavy atom. The van der Waals surface area contributed by atoms with E-state index >= 15 is 0 Å². The van der Waals surface area contributed by atoms with E-state index in [1.54, 1.807) is 0 Å². The molecule has 2 nitrogen and oxygen atoms in total. The lowest BCUT2D eigenvalue weighted by molar-refractivity contribution is 0.0910. The molecule has 2 rings (SSSR count). The highest BCUT2D eigenvalue weighted by molar-refractivity contribution is 5.99. The van der Waals surface area contributed by atoms with Gasteiger partial charge >= 0.3 is 0 Å². The average molecular weight is 231 g/mol. The smallest absolute Gasteiger partial charge is 0.165 e. The number of rotatable bonds is 2. The molecule has 0 bridgehead atoms. The Kier molecular flexibility index (Phi) is 2.76. The summed E-state index contributed by atoms with van der Waals surface area (Å²) in [6.45, 7) is 12.4. The minimum absolute atomic E-state index is 0.0769. The van der Waals surface area contributed by atoms with Crippen molar-refractivity contribution in [3.8, 4) is 0 Å². The predicted molar refractivity (Wildman–Crippen MR) is 70.5 cm³/mol. The Hall–Kier alpha value is -1.31. The number of aromatic nitrogens is 1. The zero-order valence-electron chi connectivity index (χ0n) is 11.2. The third-order valence-corrected chi connectivity index (χ3v) is 3.67. The second-order valence-corrected chi connectivity index (χ2v) is 5.93. The molecule has 0 saturated carbocycles. The van der Waals surface area contributed by atoms with E-state index in [9.17, 15) is 4.79 Å². The molecule has 1 aliphatic carbocycles. The van der Waals surface area contributed by atoms with Gasteiger partial charge in [0.1, 0.15) is 0 Å². The number of allylic oxidation sites excluding steroid dienone is 1. The van der Waals surface area contributed by atoms with Gasteiger partial charge in [-0.05, 0) is 31.7 Å². The third kappa shape index (κ3) is 1.97. The van der Waals surface area contributed by atoms with Gasteiger partial charge in [-0.1, -0.05) is 19.9 Å². The average Bonchev–Trinajstić information content (AvgIpc) is 2.52. The lowest BCUT2D eigenvalue weighted by atomic mass is 9.76. The molecule has 0 N–H and O–H groups in total. The van der Waals surface area contributed by atoms with Gasteiger partial charge in [0.25, 0.3) is 0 Å². The van der Waals surface area contributed by atoms with Gasteiger partial charge in [0, 0.05) is 29.4 Å². The highest BCUT2D eigenvalue weighted by Gasteiger charge is 2.34. The zero-order chi connectivity index (χ0) is 12.8. The quantitative estimate of drug-likeness (QED) is 0.711. The SMILES string of the molecule is C=CC(C)n1c(C)cc2c1CC(C)(C)CC2=O. The van der Waals surface area contributed by atoms with Crippen molar-refractivity contribution in [2.24, 2.45) is 5.41 Å². The van der Waals surface area contributed by atoms with Crippen LogP contribution in [-0.4, -0.2) is 10.4 Å². The fourth-order valence-corrected chi connectivity index (χ4v) is 2.84. The molecule has 17 heavy (non-hydrogen) atoms. The summed E-state index contributed by atoms with van der Waals surface area (Å²) in [7, 11) is 0. The van der Waals surface area contributed by atoms with Crippen LogP contribution in [0.5, 0.6) is 0 Å². The number of fused-ring (bicyclic) bond motifs is 1. The summed E-state index contributed by atoms with van der Waals surface area (Å²) in [5, 5.41) is 0.